The van der Waals surface area contributed by atoms with Gasteiger partial charge in [-0.2, -0.15) is 0 Å². The molecule has 0 radical (unpaired) electrons. The lowest BCUT2D eigenvalue weighted by molar-refractivity contribution is 0.0599. The lowest BCUT2D eigenvalue weighted by atomic mass is 9.96. The topological polar surface area (TPSA) is 60.4 Å². The van der Waals surface area contributed by atoms with Crippen molar-refractivity contribution < 1.29 is 17.9 Å². The Bertz CT molecular complexity index is 901. The first-order valence-corrected chi connectivity index (χ1v) is 8.61. The Morgan fingerprint density at radius 3 is 2.59 bits per heavy atom. The van der Waals surface area contributed by atoms with Gasteiger partial charge in [-0.1, -0.05) is 17.7 Å². The predicted molar refractivity (Wildman–Crippen MR) is 83.9 cm³/mol. The Balaban J connectivity index is 2.35. The number of esters is 1. The molecule has 1 aliphatic heterocycles. The third-order valence-electron chi connectivity index (χ3n) is 3.77. The highest BCUT2D eigenvalue weighted by Gasteiger charge is 2.30. The van der Waals surface area contributed by atoms with Crippen LogP contribution in [0.4, 0.5) is 0 Å². The van der Waals surface area contributed by atoms with Gasteiger partial charge in [-0.25, -0.2) is 13.2 Å². The van der Waals surface area contributed by atoms with E-state index in [4.69, 9.17) is 16.3 Å². The highest BCUT2D eigenvalue weighted by Crippen LogP contribution is 2.40. The van der Waals surface area contributed by atoms with Crippen molar-refractivity contribution in [3.05, 3.63) is 52.0 Å². The van der Waals surface area contributed by atoms with Gasteiger partial charge < -0.3 is 4.74 Å². The van der Waals surface area contributed by atoms with E-state index in [-0.39, 0.29) is 16.2 Å². The quantitative estimate of drug-likeness (QED) is 0.749. The normalized spacial score (nSPS) is 14.9. The Labute approximate surface area is 133 Å². The molecule has 0 N–H and O–H groups in total. The number of benzene rings is 2. The summed E-state index contributed by atoms with van der Waals surface area (Å²) in [6.07, 6.45) is 0. The summed E-state index contributed by atoms with van der Waals surface area (Å²) in [4.78, 5) is 11.9. The van der Waals surface area contributed by atoms with E-state index in [0.29, 0.717) is 21.7 Å². The first-order valence-electron chi connectivity index (χ1n) is 6.58. The SMILES string of the molecule is COC(=O)c1cc2c(cc1C)-c1cc(Cl)ccc1CS2(=O)=O. The Kier molecular flexibility index (Phi) is 3.50. The first kappa shape index (κ1) is 15.1. The molecule has 3 rings (SSSR count). The van der Waals surface area contributed by atoms with Crippen molar-refractivity contribution in [2.75, 3.05) is 7.11 Å². The van der Waals surface area contributed by atoms with Crippen LogP contribution in [0.25, 0.3) is 11.1 Å². The fraction of sp³-hybridized carbons (Fsp3) is 0.188. The van der Waals surface area contributed by atoms with Crippen molar-refractivity contribution in [2.45, 2.75) is 17.6 Å². The molecule has 1 heterocycles. The molecule has 22 heavy (non-hydrogen) atoms. The monoisotopic (exact) mass is 336 g/mol. The Hall–Kier alpha value is -1.85. The molecule has 4 nitrogen and oxygen atoms in total. The molecular formula is C16H13ClO4S. The average Bonchev–Trinajstić information content (AvgIpc) is 2.46. The number of hydrogen-bond donors (Lipinski definition) is 0. The first-order chi connectivity index (χ1) is 10.3. The van der Waals surface area contributed by atoms with E-state index < -0.39 is 15.8 Å². The zero-order valence-electron chi connectivity index (χ0n) is 12.0. The third kappa shape index (κ3) is 2.30. The van der Waals surface area contributed by atoms with Gasteiger partial charge in [0.1, 0.15) is 0 Å². The average molecular weight is 337 g/mol. The van der Waals surface area contributed by atoms with Gasteiger partial charge in [0.25, 0.3) is 0 Å². The summed E-state index contributed by atoms with van der Waals surface area (Å²) in [7, 11) is -2.23. The van der Waals surface area contributed by atoms with Gasteiger partial charge in [0.15, 0.2) is 9.84 Å². The van der Waals surface area contributed by atoms with Crippen LogP contribution < -0.4 is 0 Å². The van der Waals surface area contributed by atoms with Gasteiger partial charge in [0, 0.05) is 10.6 Å². The number of carbonyl (C=O) groups is 1. The lowest BCUT2D eigenvalue weighted by Gasteiger charge is -2.22. The van der Waals surface area contributed by atoms with Crippen LogP contribution in [0, 0.1) is 6.92 Å². The second kappa shape index (κ2) is 5.11. The largest absolute Gasteiger partial charge is 0.465 e. The van der Waals surface area contributed by atoms with Crippen molar-refractivity contribution in [1.82, 2.24) is 0 Å². The second-order valence-corrected chi connectivity index (χ2v) is 7.61. The fourth-order valence-corrected chi connectivity index (χ4v) is 4.48. The summed E-state index contributed by atoms with van der Waals surface area (Å²) < 4.78 is 29.7. The molecule has 0 aliphatic carbocycles. The highest BCUT2D eigenvalue weighted by molar-refractivity contribution is 7.90. The van der Waals surface area contributed by atoms with Crippen LogP contribution in [-0.2, 0) is 20.3 Å². The lowest BCUT2D eigenvalue weighted by Crippen LogP contribution is -2.15. The molecule has 2 aromatic carbocycles. The number of ether oxygens (including phenoxy) is 1. The van der Waals surface area contributed by atoms with E-state index in [1.165, 1.54) is 13.2 Å². The number of fused-ring (bicyclic) bond motifs is 3. The van der Waals surface area contributed by atoms with Gasteiger partial charge in [0.2, 0.25) is 0 Å². The van der Waals surface area contributed by atoms with Crippen molar-refractivity contribution in [3.8, 4) is 11.1 Å². The van der Waals surface area contributed by atoms with Crippen molar-refractivity contribution in [3.63, 3.8) is 0 Å². The predicted octanol–water partition coefficient (Wildman–Crippen LogP) is 3.39. The molecule has 2 aromatic rings. The molecule has 0 spiro atoms. The molecule has 0 unspecified atom stereocenters. The molecule has 0 aromatic heterocycles. The fourth-order valence-electron chi connectivity index (χ4n) is 2.69. The standard InChI is InChI=1S/C16H13ClO4S/c1-9-5-14-13-6-11(17)4-3-10(13)8-22(19,20)15(14)7-12(9)16(18)21-2/h3-7H,8H2,1-2H3. The number of methoxy groups -OCH3 is 1. The van der Waals surface area contributed by atoms with E-state index in [9.17, 15) is 13.2 Å². The van der Waals surface area contributed by atoms with Gasteiger partial charge >= 0.3 is 5.97 Å². The van der Waals surface area contributed by atoms with Crippen LogP contribution in [0.3, 0.4) is 0 Å². The molecule has 6 heteroatoms. The zero-order valence-corrected chi connectivity index (χ0v) is 13.6. The number of hydrogen-bond acceptors (Lipinski definition) is 4. The highest BCUT2D eigenvalue weighted by atomic mass is 35.5. The molecule has 0 fully saturated rings. The number of aryl methyl sites for hydroxylation is 1. The van der Waals surface area contributed by atoms with Gasteiger partial charge in [-0.05, 0) is 47.9 Å². The Morgan fingerprint density at radius 1 is 1.18 bits per heavy atom. The van der Waals surface area contributed by atoms with Crippen molar-refractivity contribution in [1.29, 1.82) is 0 Å². The summed E-state index contributed by atoms with van der Waals surface area (Å²) in [5.74, 6) is -0.650. The summed E-state index contributed by atoms with van der Waals surface area (Å²) >= 11 is 6.03. The van der Waals surface area contributed by atoms with E-state index in [1.807, 2.05) is 0 Å². The van der Waals surface area contributed by atoms with Crippen LogP contribution in [0.5, 0.6) is 0 Å². The van der Waals surface area contributed by atoms with Gasteiger partial charge in [-0.3, -0.25) is 0 Å². The van der Waals surface area contributed by atoms with E-state index in [0.717, 1.165) is 5.56 Å². The smallest absolute Gasteiger partial charge is 0.338 e. The maximum absolute atomic E-state index is 12.5. The van der Waals surface area contributed by atoms with Crippen LogP contribution in [0.1, 0.15) is 21.5 Å². The molecule has 114 valence electrons. The summed E-state index contributed by atoms with van der Waals surface area (Å²) in [6, 6.07) is 8.25. The molecule has 0 atom stereocenters. The zero-order chi connectivity index (χ0) is 16.1. The Morgan fingerprint density at radius 2 is 1.91 bits per heavy atom. The van der Waals surface area contributed by atoms with E-state index in [1.54, 1.807) is 31.2 Å². The maximum Gasteiger partial charge on any atom is 0.338 e. The molecule has 0 bridgehead atoms. The minimum absolute atomic E-state index is 0.101. The van der Waals surface area contributed by atoms with Crippen LogP contribution >= 0.6 is 11.6 Å². The van der Waals surface area contributed by atoms with Gasteiger partial charge in [-0.15, -0.1) is 0 Å². The molecule has 0 saturated carbocycles. The van der Waals surface area contributed by atoms with E-state index in [2.05, 4.69) is 0 Å². The number of sulfone groups is 1. The molecule has 0 amide bonds. The number of halogens is 1. The minimum Gasteiger partial charge on any atom is -0.465 e. The third-order valence-corrected chi connectivity index (χ3v) is 5.71. The van der Waals surface area contributed by atoms with Crippen molar-refractivity contribution >= 4 is 27.4 Å². The molecular weight excluding hydrogens is 324 g/mol. The van der Waals surface area contributed by atoms with Crippen molar-refractivity contribution in [2.24, 2.45) is 0 Å². The summed E-state index contributed by atoms with van der Waals surface area (Å²) in [5.41, 5.74) is 3.00. The van der Waals surface area contributed by atoms with Crippen LogP contribution in [0.2, 0.25) is 5.02 Å². The van der Waals surface area contributed by atoms with E-state index >= 15 is 0 Å². The van der Waals surface area contributed by atoms with Gasteiger partial charge in [0.05, 0.1) is 23.3 Å². The number of carbonyl (C=O) groups excluding carboxylic acids is 1. The maximum atomic E-state index is 12.5. The minimum atomic E-state index is -3.50. The molecule has 1 aliphatic rings. The van der Waals surface area contributed by atoms with Crippen LogP contribution in [-0.4, -0.2) is 21.5 Å². The summed E-state index contributed by atoms with van der Waals surface area (Å²) in [6.45, 7) is 1.75. The second-order valence-electron chi connectivity index (χ2n) is 5.22. The summed E-state index contributed by atoms with van der Waals surface area (Å²) in [5, 5.41) is 0.540. The molecule has 0 saturated heterocycles. The number of rotatable bonds is 1. The van der Waals surface area contributed by atoms with Crippen LogP contribution in [0.15, 0.2) is 35.2 Å².